The van der Waals surface area contributed by atoms with Gasteiger partial charge in [-0.1, -0.05) is 245 Å². The molecule has 50 heavy (non-hydrogen) atoms. The summed E-state index contributed by atoms with van der Waals surface area (Å²) >= 11 is 0. The topological polar surface area (TPSA) is 52.5 Å². The Hall–Kier alpha value is -0.640. The highest BCUT2D eigenvalue weighted by Gasteiger charge is 2.13. The molecule has 0 unspecified atom stereocenters. The van der Waals surface area contributed by atoms with E-state index in [0.29, 0.717) is 0 Å². The molecule has 0 heterocycles. The zero-order valence-electron chi connectivity index (χ0n) is 35.4. The van der Waals surface area contributed by atoms with E-state index in [1.54, 1.807) is 0 Å². The van der Waals surface area contributed by atoms with Gasteiger partial charge < -0.3 is 14.6 Å². The van der Waals surface area contributed by atoms with Crippen molar-refractivity contribution < 1.29 is 4.48 Å². The van der Waals surface area contributed by atoms with Crippen molar-refractivity contribution in [2.24, 2.45) is 5.34 Å². The molecule has 0 spiro atoms. The van der Waals surface area contributed by atoms with Crippen LogP contribution in [0, 0.1) is 10.1 Å². The summed E-state index contributed by atoms with van der Waals surface area (Å²) in [6, 6.07) is 0. The molecular weight excluding hydrogens is 613 g/mol. The zero-order chi connectivity index (χ0) is 36.9. The first-order chi connectivity index (χ1) is 24.5. The lowest BCUT2D eigenvalue weighted by atomic mass is 10.0. The van der Waals surface area contributed by atoms with Gasteiger partial charge in [-0.15, -0.1) is 5.34 Å². The fourth-order valence-electron chi connectivity index (χ4n) is 7.70. The quantitative estimate of drug-likeness (QED) is 0.0274. The lowest BCUT2D eigenvalue weighted by Gasteiger charge is -2.30. The van der Waals surface area contributed by atoms with E-state index in [1.165, 1.54) is 274 Å². The van der Waals surface area contributed by atoms with Crippen molar-refractivity contribution in [1.82, 2.24) is 0 Å². The van der Waals surface area contributed by atoms with Gasteiger partial charge in [-0.25, -0.2) is 0 Å². The van der Waals surface area contributed by atoms with Gasteiger partial charge >= 0.3 is 0 Å². The molecule has 0 fully saturated rings. The first-order valence-corrected chi connectivity index (χ1v) is 23.3. The third kappa shape index (κ3) is 49.5. The molecule has 0 aromatic carbocycles. The Balaban J connectivity index is 0. The number of nitrogens with zero attached hydrogens (tertiary/aromatic N) is 2. The van der Waals surface area contributed by atoms with Crippen LogP contribution in [0.5, 0.6) is 0 Å². The highest BCUT2D eigenvalue weighted by molar-refractivity contribution is 4.53. The molecule has 302 valence electrons. The van der Waals surface area contributed by atoms with E-state index in [-0.39, 0.29) is 0 Å². The maximum atomic E-state index is 8.00. The summed E-state index contributed by atoms with van der Waals surface area (Å²) < 4.78 is 1.25. The molecule has 0 aromatic heterocycles. The third-order valence-corrected chi connectivity index (χ3v) is 11.2. The maximum Gasteiger partial charge on any atom is 0.0782 e. The fourth-order valence-corrected chi connectivity index (χ4v) is 7.70. The van der Waals surface area contributed by atoms with Gasteiger partial charge in [-0.2, -0.15) is 0 Å². The zero-order valence-corrected chi connectivity index (χ0v) is 35.4. The fraction of sp³-hybridized carbons (Fsp3) is 1.00. The third-order valence-electron chi connectivity index (χ3n) is 11.2. The molecule has 4 heteroatoms. The molecule has 0 saturated carbocycles. The molecule has 0 rings (SSSR count). The lowest BCUT2D eigenvalue weighted by molar-refractivity contribution is -0.890. The Morgan fingerprint density at radius 3 is 0.560 bits per heavy atom. The highest BCUT2D eigenvalue weighted by Crippen LogP contribution is 2.17. The minimum atomic E-state index is 1.00. The number of hydrogen-bond donors (Lipinski definition) is 0. The van der Waals surface area contributed by atoms with Gasteiger partial charge in [0.05, 0.1) is 27.2 Å². The van der Waals surface area contributed by atoms with Gasteiger partial charge in [-0.3, -0.25) is 0 Å². The monoisotopic (exact) mass is 709 g/mol. The first kappa shape index (κ1) is 51.5. The lowest BCUT2D eigenvalue weighted by Crippen LogP contribution is -2.41. The van der Waals surface area contributed by atoms with E-state index in [2.05, 4.69) is 27.9 Å². The first-order valence-electron chi connectivity index (χ1n) is 23.3. The number of quaternary nitrogens is 1. The molecule has 0 N–H and O–H groups in total. The second-order valence-corrected chi connectivity index (χ2v) is 16.9. The second-order valence-electron chi connectivity index (χ2n) is 16.9. The van der Waals surface area contributed by atoms with Crippen molar-refractivity contribution in [1.29, 1.82) is 0 Å². The molecule has 0 bridgehead atoms. The van der Waals surface area contributed by atoms with Crippen molar-refractivity contribution in [3.63, 3.8) is 0 Å². The number of unbranched alkanes of at least 4 members (excludes halogenated alkanes) is 38. The molecule has 0 aromatic rings. The van der Waals surface area contributed by atoms with Crippen LogP contribution >= 0.6 is 0 Å². The molecule has 0 aliphatic carbocycles. The van der Waals surface area contributed by atoms with E-state index in [9.17, 15) is 0 Å². The Bertz CT molecular complexity index is 551. The predicted octanol–water partition coefficient (Wildman–Crippen LogP) is 17.0. The summed E-state index contributed by atoms with van der Waals surface area (Å²) in [6.07, 6.45) is 58.9. The van der Waals surface area contributed by atoms with Gasteiger partial charge in [0.2, 0.25) is 0 Å². The van der Waals surface area contributed by atoms with Crippen LogP contribution < -0.4 is 0 Å². The van der Waals surface area contributed by atoms with Crippen LogP contribution in [-0.4, -0.2) is 31.7 Å². The molecule has 0 radical (unpaired) electrons. The highest BCUT2D eigenvalue weighted by atomic mass is 16.6. The smallest absolute Gasteiger partial charge is 0.0782 e. The Kier molecular flexibility index (Phi) is 47.7. The van der Waals surface area contributed by atoms with Crippen LogP contribution in [0.3, 0.4) is 0 Å². The summed E-state index contributed by atoms with van der Waals surface area (Å²) in [6.45, 7) is 7.40. The number of rotatable bonds is 42. The van der Waals surface area contributed by atoms with Gasteiger partial charge in [-0.05, 0) is 25.7 Å². The van der Waals surface area contributed by atoms with Gasteiger partial charge in [0.1, 0.15) is 0 Å². The molecule has 0 atom stereocenters. The Morgan fingerprint density at radius 1 is 0.300 bits per heavy atom. The van der Waals surface area contributed by atoms with Crippen molar-refractivity contribution >= 4 is 0 Å². The largest absolute Gasteiger partial charge is 0.444 e. The van der Waals surface area contributed by atoms with E-state index in [1.807, 2.05) is 0 Å². The van der Waals surface area contributed by atoms with Crippen LogP contribution in [0.2, 0.25) is 0 Å². The average molecular weight is 709 g/mol. The van der Waals surface area contributed by atoms with Crippen LogP contribution in [0.15, 0.2) is 5.34 Å². The van der Waals surface area contributed by atoms with Crippen molar-refractivity contribution in [2.45, 2.75) is 271 Å². The summed E-state index contributed by atoms with van der Waals surface area (Å²) in [5, 5.41) is 9.00. The second kappa shape index (κ2) is 46.4. The summed E-state index contributed by atoms with van der Waals surface area (Å²) in [4.78, 5) is 8.00. The summed E-state index contributed by atoms with van der Waals surface area (Å²) in [5.41, 5.74) is 0. The molecule has 0 amide bonds. The molecule has 0 saturated heterocycles. The minimum Gasteiger partial charge on any atom is -0.444 e. The van der Waals surface area contributed by atoms with Crippen molar-refractivity contribution in [3.05, 3.63) is 10.1 Å². The SMILES string of the molecule is CCCCCCCCCCCCCCCCCCCCCC[N+](C)(C)CCCCCCCCCCCCCCCCCCCCCC.O=N[O-]. The van der Waals surface area contributed by atoms with Crippen LogP contribution in [-0.2, 0) is 0 Å². The van der Waals surface area contributed by atoms with E-state index in [4.69, 9.17) is 10.1 Å². The van der Waals surface area contributed by atoms with E-state index >= 15 is 0 Å². The standard InChI is InChI=1S/C46H96N.HNO2/c1-5-7-9-11-13-15-17-19-21-23-25-27-29-31-33-35-37-39-41-43-45-47(3,4)46-44-42-40-38-36-34-32-30-28-26-24-22-20-18-16-14-12-10-8-6-2;2-1-3/h5-46H2,1-4H3;(H,2,3)/q+1;/p-1. The maximum absolute atomic E-state index is 8.00. The van der Waals surface area contributed by atoms with E-state index < -0.39 is 0 Å². The van der Waals surface area contributed by atoms with Gasteiger partial charge in [0.15, 0.2) is 0 Å². The number of hydrogen-bond acceptors (Lipinski definition) is 3. The summed E-state index contributed by atoms with van der Waals surface area (Å²) in [5.74, 6) is 0. The molecular formula is C46H96N2O2. The summed E-state index contributed by atoms with van der Waals surface area (Å²) in [7, 11) is 4.95. The van der Waals surface area contributed by atoms with Crippen LogP contribution in [0.1, 0.15) is 271 Å². The predicted molar refractivity (Wildman–Crippen MR) is 227 cm³/mol. The molecule has 0 aliphatic heterocycles. The van der Waals surface area contributed by atoms with Crippen LogP contribution in [0.4, 0.5) is 0 Å². The van der Waals surface area contributed by atoms with Gasteiger partial charge in [0, 0.05) is 0 Å². The van der Waals surface area contributed by atoms with Gasteiger partial charge in [0.25, 0.3) is 0 Å². The Labute approximate surface area is 317 Å². The van der Waals surface area contributed by atoms with Crippen molar-refractivity contribution in [3.8, 4) is 0 Å². The molecule has 4 nitrogen and oxygen atoms in total. The van der Waals surface area contributed by atoms with Crippen LogP contribution in [0.25, 0.3) is 0 Å². The Morgan fingerprint density at radius 2 is 0.420 bits per heavy atom. The van der Waals surface area contributed by atoms with Crippen molar-refractivity contribution in [2.75, 3.05) is 27.2 Å². The minimum absolute atomic E-state index is 1.00. The molecule has 0 aliphatic rings. The van der Waals surface area contributed by atoms with E-state index in [0.717, 1.165) is 5.34 Å². The normalized spacial score (nSPS) is 11.5. The average Bonchev–Trinajstić information content (AvgIpc) is 3.10.